The first kappa shape index (κ1) is 19.8. The number of nitrogens with zero attached hydrogens (tertiary/aromatic N) is 5. The van der Waals surface area contributed by atoms with Gasteiger partial charge >= 0.3 is 0 Å². The molecule has 32 heavy (non-hydrogen) atoms. The molecule has 0 unspecified atom stereocenters. The molecule has 1 fully saturated rings. The van der Waals surface area contributed by atoms with Crippen molar-refractivity contribution in [3.63, 3.8) is 0 Å². The van der Waals surface area contributed by atoms with Gasteiger partial charge in [0.15, 0.2) is 16.6 Å². The van der Waals surface area contributed by atoms with Crippen LogP contribution in [0.15, 0.2) is 125 Å². The van der Waals surface area contributed by atoms with E-state index in [0.717, 1.165) is 17.1 Å². The number of aliphatic imine (C=N–C) groups is 2. The van der Waals surface area contributed by atoms with Gasteiger partial charge < -0.3 is 0 Å². The normalized spacial score (nSPS) is 16.2. The molecule has 154 valence electrons. The molecule has 2 heterocycles. The van der Waals surface area contributed by atoms with E-state index in [2.05, 4.69) is 4.98 Å². The molecule has 3 aromatic carbocycles. The maximum Gasteiger partial charge on any atom is 0.223 e. The Bertz CT molecular complexity index is 1270. The van der Waals surface area contributed by atoms with Crippen LogP contribution in [0.2, 0.25) is 0 Å². The zero-order valence-electron chi connectivity index (χ0n) is 17.1. The molecule has 6 heteroatoms. The maximum atomic E-state index is 5.97. The zero-order chi connectivity index (χ0) is 21.8. The summed E-state index contributed by atoms with van der Waals surface area (Å²) in [5.41, 5.74) is 2.64. The molecule has 0 bridgehead atoms. The van der Waals surface area contributed by atoms with Crippen LogP contribution in [0.3, 0.4) is 0 Å². The van der Waals surface area contributed by atoms with Crippen molar-refractivity contribution in [2.75, 3.05) is 9.80 Å². The molecule has 1 aliphatic rings. The van der Waals surface area contributed by atoms with E-state index in [1.54, 1.807) is 6.20 Å². The second-order valence-corrected chi connectivity index (χ2v) is 7.40. The van der Waals surface area contributed by atoms with E-state index in [4.69, 9.17) is 22.2 Å². The molecule has 0 atom stereocenters. The lowest BCUT2D eigenvalue weighted by Crippen LogP contribution is -2.35. The Hall–Kier alpha value is -4.16. The number of thiocarbonyl (C=S) groups is 1. The minimum Gasteiger partial charge on any atom is -0.267 e. The van der Waals surface area contributed by atoms with Crippen molar-refractivity contribution in [1.82, 2.24) is 4.98 Å². The Morgan fingerprint density at radius 1 is 0.594 bits per heavy atom. The van der Waals surface area contributed by atoms with Gasteiger partial charge in [-0.1, -0.05) is 72.9 Å². The van der Waals surface area contributed by atoms with Gasteiger partial charge in [0.05, 0.1) is 17.1 Å². The summed E-state index contributed by atoms with van der Waals surface area (Å²) in [7, 11) is 0. The third-order valence-electron chi connectivity index (χ3n) is 4.89. The average Bonchev–Trinajstić information content (AvgIpc) is 3.12. The Morgan fingerprint density at radius 3 is 1.75 bits per heavy atom. The lowest BCUT2D eigenvalue weighted by atomic mass is 10.3. The van der Waals surface area contributed by atoms with Crippen LogP contribution in [-0.4, -0.2) is 21.8 Å². The summed E-state index contributed by atoms with van der Waals surface area (Å²) < 4.78 is 0. The van der Waals surface area contributed by atoms with E-state index in [0.29, 0.717) is 22.6 Å². The van der Waals surface area contributed by atoms with Crippen molar-refractivity contribution in [2.24, 2.45) is 9.98 Å². The number of para-hydroxylation sites is 3. The lowest BCUT2D eigenvalue weighted by Gasteiger charge is -2.22. The van der Waals surface area contributed by atoms with Crippen molar-refractivity contribution in [1.29, 1.82) is 0 Å². The summed E-state index contributed by atoms with van der Waals surface area (Å²) in [6, 6.07) is 35.4. The summed E-state index contributed by atoms with van der Waals surface area (Å²) in [5.74, 6) is 1.85. The standard InChI is InChI=1S/C26H19N5S/c32-25-24(28-20-12-4-1-5-13-20)30(21-14-6-2-7-15-21)26(29-23-18-10-11-19-27-23)31(25)22-16-8-3-9-17-22/h1-19H. The molecular weight excluding hydrogens is 414 g/mol. The first-order chi connectivity index (χ1) is 15.8. The Kier molecular flexibility index (Phi) is 5.51. The van der Waals surface area contributed by atoms with E-state index in [9.17, 15) is 0 Å². The largest absolute Gasteiger partial charge is 0.267 e. The summed E-state index contributed by atoms with van der Waals surface area (Å²) in [4.78, 5) is 18.7. The summed E-state index contributed by atoms with van der Waals surface area (Å²) >= 11 is 5.97. The number of aromatic nitrogens is 1. The number of hydrogen-bond donors (Lipinski definition) is 0. The highest BCUT2D eigenvalue weighted by Gasteiger charge is 2.40. The van der Waals surface area contributed by atoms with Crippen molar-refractivity contribution >= 4 is 51.9 Å². The number of rotatable bonds is 4. The first-order valence-corrected chi connectivity index (χ1v) is 10.6. The fourth-order valence-corrected chi connectivity index (χ4v) is 3.77. The van der Waals surface area contributed by atoms with E-state index >= 15 is 0 Å². The Labute approximate surface area is 192 Å². The first-order valence-electron chi connectivity index (χ1n) is 10.2. The van der Waals surface area contributed by atoms with Crippen LogP contribution in [0, 0.1) is 0 Å². The summed E-state index contributed by atoms with van der Waals surface area (Å²) in [6.45, 7) is 0. The molecule has 1 saturated heterocycles. The minimum atomic E-state index is 0.568. The van der Waals surface area contributed by atoms with Crippen LogP contribution in [-0.2, 0) is 0 Å². The van der Waals surface area contributed by atoms with Gasteiger partial charge in [0.2, 0.25) is 5.96 Å². The monoisotopic (exact) mass is 433 g/mol. The van der Waals surface area contributed by atoms with Crippen LogP contribution in [0.1, 0.15) is 0 Å². The third kappa shape index (κ3) is 3.91. The molecule has 0 amide bonds. The molecule has 4 aromatic rings. The number of anilines is 2. The second-order valence-electron chi connectivity index (χ2n) is 7.02. The SMILES string of the molecule is S=C1C(=Nc2ccccc2)N(c2ccccc2)C(=Nc2ccccn2)N1c1ccccc1. The van der Waals surface area contributed by atoms with Crippen LogP contribution in [0.5, 0.6) is 0 Å². The van der Waals surface area contributed by atoms with E-state index in [1.807, 2.05) is 119 Å². The van der Waals surface area contributed by atoms with Gasteiger partial charge in [-0.2, -0.15) is 4.99 Å². The molecule has 0 spiro atoms. The Balaban J connectivity index is 1.75. The number of amidine groups is 1. The highest BCUT2D eigenvalue weighted by Crippen LogP contribution is 2.31. The van der Waals surface area contributed by atoms with Gasteiger partial charge in [-0.15, -0.1) is 0 Å². The molecule has 0 radical (unpaired) electrons. The number of guanidine groups is 1. The highest BCUT2D eigenvalue weighted by atomic mass is 32.1. The van der Waals surface area contributed by atoms with Crippen molar-refractivity contribution in [3.8, 4) is 0 Å². The van der Waals surface area contributed by atoms with E-state index < -0.39 is 0 Å². The van der Waals surface area contributed by atoms with Gasteiger partial charge in [0.25, 0.3) is 0 Å². The van der Waals surface area contributed by atoms with Gasteiger partial charge in [0.1, 0.15) is 0 Å². The lowest BCUT2D eigenvalue weighted by molar-refractivity contribution is 1.24. The van der Waals surface area contributed by atoms with E-state index in [-0.39, 0.29) is 0 Å². The van der Waals surface area contributed by atoms with Crippen molar-refractivity contribution in [3.05, 3.63) is 115 Å². The van der Waals surface area contributed by atoms with Crippen LogP contribution < -0.4 is 9.80 Å². The average molecular weight is 434 g/mol. The summed E-state index contributed by atoms with van der Waals surface area (Å²) in [6.07, 6.45) is 1.73. The van der Waals surface area contributed by atoms with Crippen molar-refractivity contribution in [2.45, 2.75) is 0 Å². The number of benzene rings is 3. The van der Waals surface area contributed by atoms with Crippen LogP contribution >= 0.6 is 12.2 Å². The fraction of sp³-hybridized carbons (Fsp3) is 0. The molecule has 5 nitrogen and oxygen atoms in total. The van der Waals surface area contributed by atoms with Gasteiger partial charge in [-0.05, 0) is 48.5 Å². The predicted octanol–water partition coefficient (Wildman–Crippen LogP) is 6.15. The third-order valence-corrected chi connectivity index (χ3v) is 5.26. The minimum absolute atomic E-state index is 0.568. The van der Waals surface area contributed by atoms with Crippen LogP contribution in [0.25, 0.3) is 0 Å². The zero-order valence-corrected chi connectivity index (χ0v) is 17.9. The van der Waals surface area contributed by atoms with Gasteiger partial charge in [-0.3, -0.25) is 9.80 Å². The Morgan fingerprint density at radius 2 is 1.16 bits per heavy atom. The maximum absolute atomic E-state index is 5.97. The molecule has 1 aromatic heterocycles. The van der Waals surface area contributed by atoms with Crippen molar-refractivity contribution < 1.29 is 0 Å². The van der Waals surface area contributed by atoms with Gasteiger partial charge in [0, 0.05) is 6.20 Å². The number of hydrogen-bond acceptors (Lipinski definition) is 4. The highest BCUT2D eigenvalue weighted by molar-refractivity contribution is 7.82. The topological polar surface area (TPSA) is 44.1 Å². The quantitative estimate of drug-likeness (QED) is 0.362. The van der Waals surface area contributed by atoms with Gasteiger partial charge in [-0.25, -0.2) is 9.98 Å². The number of pyridine rings is 1. The molecule has 0 aliphatic carbocycles. The fourth-order valence-electron chi connectivity index (χ4n) is 3.45. The predicted molar refractivity (Wildman–Crippen MR) is 135 cm³/mol. The second kappa shape index (κ2) is 8.91. The smallest absolute Gasteiger partial charge is 0.223 e. The molecular formula is C26H19N5S. The molecule has 0 saturated carbocycles. The van der Waals surface area contributed by atoms with Crippen LogP contribution in [0.4, 0.5) is 22.9 Å². The molecule has 0 N–H and O–H groups in total. The molecule has 1 aliphatic heterocycles. The molecule has 5 rings (SSSR count). The summed E-state index contributed by atoms with van der Waals surface area (Å²) in [5, 5.41) is 0. The van der Waals surface area contributed by atoms with E-state index in [1.165, 1.54) is 0 Å².